The molecule has 1 aliphatic heterocycles. The maximum absolute atomic E-state index is 5.91. The molecule has 0 spiro atoms. The number of likely N-dealkylation sites (tertiary alicyclic amines) is 1. The molecule has 3 aromatic rings. The lowest BCUT2D eigenvalue weighted by molar-refractivity contribution is 0.331. The summed E-state index contributed by atoms with van der Waals surface area (Å²) < 4.78 is 7.09. The van der Waals surface area contributed by atoms with Gasteiger partial charge in [0.05, 0.1) is 0 Å². The van der Waals surface area contributed by atoms with Crippen molar-refractivity contribution in [1.82, 2.24) is 9.88 Å². The van der Waals surface area contributed by atoms with Gasteiger partial charge in [0.25, 0.3) is 0 Å². The molecule has 112 valence electrons. The molecule has 1 aliphatic rings. The summed E-state index contributed by atoms with van der Waals surface area (Å²) in [6, 6.07) is 14.6. The van der Waals surface area contributed by atoms with Crippen molar-refractivity contribution < 1.29 is 4.42 Å². The van der Waals surface area contributed by atoms with E-state index in [9.17, 15) is 0 Å². The predicted octanol–water partition coefficient (Wildman–Crippen LogP) is 4.70. The molecule has 0 atom stereocenters. The number of hydrogen-bond acceptors (Lipinski definition) is 3. The summed E-state index contributed by atoms with van der Waals surface area (Å²) in [4.78, 5) is 7.17. The molecule has 4 rings (SSSR count). The van der Waals surface area contributed by atoms with Crippen molar-refractivity contribution in [2.45, 2.75) is 19.4 Å². The highest BCUT2D eigenvalue weighted by atomic mass is 127. The first-order valence-electron chi connectivity index (χ1n) is 7.66. The third-order valence-corrected chi connectivity index (χ3v) is 4.80. The lowest BCUT2D eigenvalue weighted by Gasteiger charge is -2.13. The van der Waals surface area contributed by atoms with Gasteiger partial charge in [-0.2, -0.15) is 0 Å². The average molecular weight is 404 g/mol. The topological polar surface area (TPSA) is 29.3 Å². The van der Waals surface area contributed by atoms with Crippen LogP contribution >= 0.6 is 22.6 Å². The van der Waals surface area contributed by atoms with E-state index in [1.807, 2.05) is 18.2 Å². The Kier molecular flexibility index (Phi) is 3.88. The standard InChI is InChI=1S/C18H17IN2O/c19-15-5-3-4-14(11-15)18-20-16-10-13(6-7-17(16)22-18)12-21-8-1-2-9-21/h3-7,10-11H,1-2,8-9,12H2. The van der Waals surface area contributed by atoms with Crippen LogP contribution in [0.25, 0.3) is 22.6 Å². The fraction of sp³-hybridized carbons (Fsp3) is 0.278. The summed E-state index contributed by atoms with van der Waals surface area (Å²) in [5.74, 6) is 0.701. The average Bonchev–Trinajstić information content (AvgIpc) is 3.16. The van der Waals surface area contributed by atoms with Crippen molar-refractivity contribution in [1.29, 1.82) is 0 Å². The summed E-state index contributed by atoms with van der Waals surface area (Å²) in [6.45, 7) is 3.44. The van der Waals surface area contributed by atoms with Crippen LogP contribution in [0.5, 0.6) is 0 Å². The molecule has 0 unspecified atom stereocenters. The molecule has 2 heterocycles. The molecule has 0 radical (unpaired) electrons. The van der Waals surface area contributed by atoms with Gasteiger partial charge in [-0.15, -0.1) is 0 Å². The Morgan fingerprint density at radius 2 is 1.95 bits per heavy atom. The molecule has 0 N–H and O–H groups in total. The molecular weight excluding hydrogens is 387 g/mol. The Morgan fingerprint density at radius 1 is 1.09 bits per heavy atom. The summed E-state index contributed by atoms with van der Waals surface area (Å²) in [7, 11) is 0. The Bertz CT molecular complexity index is 806. The van der Waals surface area contributed by atoms with Crippen LogP contribution in [-0.2, 0) is 6.54 Å². The number of aromatic nitrogens is 1. The second kappa shape index (κ2) is 6.01. The molecule has 0 saturated carbocycles. The molecule has 1 saturated heterocycles. The van der Waals surface area contributed by atoms with Gasteiger partial charge in [-0.05, 0) is 84.4 Å². The summed E-state index contributed by atoms with van der Waals surface area (Å²) >= 11 is 2.31. The monoisotopic (exact) mass is 404 g/mol. The molecule has 22 heavy (non-hydrogen) atoms. The van der Waals surface area contributed by atoms with Gasteiger partial charge >= 0.3 is 0 Å². The van der Waals surface area contributed by atoms with E-state index >= 15 is 0 Å². The van der Waals surface area contributed by atoms with E-state index in [0.717, 1.165) is 23.2 Å². The van der Waals surface area contributed by atoms with Crippen LogP contribution in [0.3, 0.4) is 0 Å². The largest absolute Gasteiger partial charge is 0.436 e. The van der Waals surface area contributed by atoms with Crippen LogP contribution in [0.4, 0.5) is 0 Å². The van der Waals surface area contributed by atoms with Crippen molar-refractivity contribution in [2.24, 2.45) is 0 Å². The zero-order chi connectivity index (χ0) is 14.9. The number of benzene rings is 2. The molecular formula is C18H17IN2O. The third-order valence-electron chi connectivity index (χ3n) is 4.13. The molecule has 3 nitrogen and oxygen atoms in total. The zero-order valence-electron chi connectivity index (χ0n) is 12.3. The van der Waals surface area contributed by atoms with E-state index in [4.69, 9.17) is 4.42 Å². The first kappa shape index (κ1) is 14.2. The van der Waals surface area contributed by atoms with E-state index in [-0.39, 0.29) is 0 Å². The first-order chi connectivity index (χ1) is 10.8. The second-order valence-corrected chi connectivity index (χ2v) is 7.06. The molecule has 4 heteroatoms. The quantitative estimate of drug-likeness (QED) is 0.593. The second-order valence-electron chi connectivity index (χ2n) is 5.81. The maximum Gasteiger partial charge on any atom is 0.227 e. The van der Waals surface area contributed by atoms with Gasteiger partial charge in [-0.1, -0.05) is 12.1 Å². The molecule has 1 fully saturated rings. The number of fused-ring (bicyclic) bond motifs is 1. The highest BCUT2D eigenvalue weighted by Gasteiger charge is 2.13. The minimum Gasteiger partial charge on any atom is -0.436 e. The molecule has 1 aromatic heterocycles. The fourth-order valence-electron chi connectivity index (χ4n) is 3.02. The van der Waals surface area contributed by atoms with Crippen LogP contribution in [0.1, 0.15) is 18.4 Å². The van der Waals surface area contributed by atoms with Gasteiger partial charge in [0.2, 0.25) is 5.89 Å². The lowest BCUT2D eigenvalue weighted by Crippen LogP contribution is -2.18. The van der Waals surface area contributed by atoms with Gasteiger partial charge in [0.1, 0.15) is 5.52 Å². The highest BCUT2D eigenvalue weighted by molar-refractivity contribution is 14.1. The Labute approximate surface area is 143 Å². The van der Waals surface area contributed by atoms with E-state index in [2.05, 4.69) is 56.7 Å². The smallest absolute Gasteiger partial charge is 0.227 e. The molecule has 0 aliphatic carbocycles. The predicted molar refractivity (Wildman–Crippen MR) is 96.7 cm³/mol. The summed E-state index contributed by atoms with van der Waals surface area (Å²) in [5.41, 5.74) is 4.16. The van der Waals surface area contributed by atoms with Crippen LogP contribution in [0.2, 0.25) is 0 Å². The summed E-state index contributed by atoms with van der Waals surface area (Å²) in [5, 5.41) is 0. The van der Waals surface area contributed by atoms with Crippen molar-refractivity contribution in [3.63, 3.8) is 0 Å². The zero-order valence-corrected chi connectivity index (χ0v) is 14.4. The van der Waals surface area contributed by atoms with Gasteiger partial charge in [0.15, 0.2) is 5.58 Å². The normalized spacial score (nSPS) is 15.7. The van der Waals surface area contributed by atoms with Crippen molar-refractivity contribution in [2.75, 3.05) is 13.1 Å². The van der Waals surface area contributed by atoms with E-state index in [1.54, 1.807) is 0 Å². The maximum atomic E-state index is 5.91. The first-order valence-corrected chi connectivity index (χ1v) is 8.73. The van der Waals surface area contributed by atoms with Gasteiger partial charge in [-0.3, -0.25) is 4.90 Å². The number of rotatable bonds is 3. The Morgan fingerprint density at radius 3 is 2.77 bits per heavy atom. The number of nitrogens with zero attached hydrogens (tertiary/aromatic N) is 2. The summed E-state index contributed by atoms with van der Waals surface area (Å²) in [6.07, 6.45) is 2.64. The van der Waals surface area contributed by atoms with Crippen LogP contribution in [-0.4, -0.2) is 23.0 Å². The van der Waals surface area contributed by atoms with Crippen molar-refractivity contribution >= 4 is 33.7 Å². The highest BCUT2D eigenvalue weighted by Crippen LogP contribution is 2.26. The van der Waals surface area contributed by atoms with E-state index < -0.39 is 0 Å². The molecule has 2 aromatic carbocycles. The van der Waals surface area contributed by atoms with E-state index in [0.29, 0.717) is 5.89 Å². The Balaban J connectivity index is 1.65. The number of oxazole rings is 1. The lowest BCUT2D eigenvalue weighted by atomic mass is 10.2. The van der Waals surface area contributed by atoms with Crippen molar-refractivity contribution in [3.8, 4) is 11.5 Å². The molecule has 0 bridgehead atoms. The van der Waals surface area contributed by atoms with Crippen LogP contribution in [0, 0.1) is 3.57 Å². The Hall–Kier alpha value is -1.40. The third kappa shape index (κ3) is 2.90. The number of hydrogen-bond donors (Lipinski definition) is 0. The fourth-order valence-corrected chi connectivity index (χ4v) is 3.56. The minimum absolute atomic E-state index is 0.701. The SMILES string of the molecule is Ic1cccc(-c2nc3cc(CN4CCCC4)ccc3o2)c1. The van der Waals surface area contributed by atoms with Gasteiger partial charge in [0, 0.05) is 15.7 Å². The van der Waals surface area contributed by atoms with E-state index in [1.165, 1.54) is 35.1 Å². The van der Waals surface area contributed by atoms with Gasteiger partial charge in [-0.25, -0.2) is 4.98 Å². The minimum atomic E-state index is 0.701. The van der Waals surface area contributed by atoms with Crippen LogP contribution in [0.15, 0.2) is 46.9 Å². The number of halogens is 1. The molecule has 0 amide bonds. The van der Waals surface area contributed by atoms with Crippen molar-refractivity contribution in [3.05, 3.63) is 51.6 Å². The van der Waals surface area contributed by atoms with Gasteiger partial charge < -0.3 is 4.42 Å². The van der Waals surface area contributed by atoms with Crippen LogP contribution < -0.4 is 0 Å².